The van der Waals surface area contributed by atoms with Crippen LogP contribution in [0.15, 0.2) is 12.1 Å². The zero-order valence-corrected chi connectivity index (χ0v) is 51.6. The Morgan fingerprint density at radius 1 is 0.667 bits per heavy atom. The van der Waals surface area contributed by atoms with Crippen LogP contribution >= 0.6 is 140 Å². The molecule has 6 rings (SSSR count). The molecular formula is C50H62I5NO4S3. The molecule has 0 aliphatic carbocycles. The van der Waals surface area contributed by atoms with Gasteiger partial charge in [-0.1, -0.05) is 209 Å². The number of halogens is 5. The van der Waals surface area contributed by atoms with E-state index in [1.54, 1.807) is 22.7 Å². The number of rotatable bonds is 20. The zero-order valence-electron chi connectivity index (χ0n) is 38.4. The lowest BCUT2D eigenvalue weighted by Gasteiger charge is -2.24. The lowest BCUT2D eigenvalue weighted by molar-refractivity contribution is 0.0925. The van der Waals surface area contributed by atoms with Crippen LogP contribution in [0.5, 0.6) is 11.5 Å². The maximum Gasteiger partial charge on any atom is 0.267 e. The van der Waals surface area contributed by atoms with Crippen LogP contribution in [0.2, 0.25) is 0 Å². The first kappa shape index (κ1) is 52.3. The number of thiophene rings is 3. The van der Waals surface area contributed by atoms with E-state index in [4.69, 9.17) is 9.47 Å². The molecule has 1 aliphatic rings. The van der Waals surface area contributed by atoms with Crippen molar-refractivity contribution in [2.75, 3.05) is 18.1 Å². The Bertz CT molecular complexity index is 2530. The predicted octanol–water partition coefficient (Wildman–Crippen LogP) is 17.3. The van der Waals surface area contributed by atoms with E-state index in [1.807, 2.05) is 11.3 Å². The summed E-state index contributed by atoms with van der Waals surface area (Å²) in [6, 6.07) is 4.60. The molecule has 5 nitrogen and oxygen atoms in total. The van der Waals surface area contributed by atoms with Gasteiger partial charge in [-0.3, -0.25) is 9.59 Å². The standard InChI is InChI=1S/C50H62I5NO4S3/c1-15-19-21-27(17-3)25-59-41-29-23-31(61-43(29)42(60-26-28(18-4)22-20-16-2)30-24-32(49(5,6)7)62-44(30)41)45-33-34(46(63-45)50(8,9)10)48(58)56(47(33)57)40-37(53-12)35(51)36(52-11)38(54-13)39(40)55-14/h23-24,27-28H,11-22,25-26H2,1-10H3. The van der Waals surface area contributed by atoms with Crippen LogP contribution in [0.25, 0.3) is 29.9 Å². The molecule has 63 heavy (non-hydrogen) atoms. The van der Waals surface area contributed by atoms with Gasteiger partial charge in [0.15, 0.2) is 0 Å². The molecule has 2 amide bonds. The first-order valence-corrected chi connectivity index (χ1v) is 35.7. The molecule has 2 aromatic carbocycles. The molecule has 0 saturated heterocycles. The van der Waals surface area contributed by atoms with Crippen molar-refractivity contribution in [2.45, 2.75) is 131 Å². The van der Waals surface area contributed by atoms with Gasteiger partial charge >= 0.3 is 0 Å². The van der Waals surface area contributed by atoms with Crippen molar-refractivity contribution >= 4 is 195 Å². The lowest BCUT2D eigenvalue weighted by Crippen LogP contribution is -2.33. The molecule has 1 aliphatic heterocycles. The van der Waals surface area contributed by atoms with E-state index in [0.29, 0.717) is 36.2 Å². The van der Waals surface area contributed by atoms with Crippen molar-refractivity contribution in [3.8, 4) is 21.3 Å². The minimum atomic E-state index is -0.728. The van der Waals surface area contributed by atoms with Crippen LogP contribution in [0.1, 0.15) is 151 Å². The average Bonchev–Trinajstić information content (AvgIpc) is 4.03. The molecule has 0 saturated carbocycles. The van der Waals surface area contributed by atoms with E-state index in [9.17, 15) is 0 Å². The van der Waals surface area contributed by atoms with Crippen LogP contribution in [0.4, 0.5) is 5.69 Å². The summed E-state index contributed by atoms with van der Waals surface area (Å²) in [5.74, 6) is 2.28. The third kappa shape index (κ3) is 10.4. The van der Waals surface area contributed by atoms with E-state index in [1.165, 1.54) is 42.6 Å². The number of hydrogen-bond donors (Lipinski definition) is 0. The number of carbonyl (C=O) groups excluding carboxylic acids is 2. The van der Waals surface area contributed by atoms with E-state index < -0.39 is 82.9 Å². The Morgan fingerprint density at radius 2 is 1.17 bits per heavy atom. The largest absolute Gasteiger partial charge is 0.491 e. The Morgan fingerprint density at radius 3 is 1.65 bits per heavy atom. The van der Waals surface area contributed by atoms with Crippen molar-refractivity contribution < 1.29 is 19.1 Å². The average molecular weight is 1470 g/mol. The highest BCUT2D eigenvalue weighted by Gasteiger charge is 2.47. The predicted molar refractivity (Wildman–Crippen MR) is 325 cm³/mol. The number of ether oxygens (including phenoxy) is 2. The van der Waals surface area contributed by atoms with Gasteiger partial charge in [0, 0.05) is 43.3 Å². The van der Waals surface area contributed by atoms with Crippen molar-refractivity contribution in [1.29, 1.82) is 0 Å². The smallest absolute Gasteiger partial charge is 0.267 e. The number of amides is 2. The van der Waals surface area contributed by atoms with Gasteiger partial charge in [0.05, 0.1) is 44.3 Å². The number of nitrogens with zero attached hydrogens (tertiary/aromatic N) is 1. The van der Waals surface area contributed by atoms with E-state index in [-0.39, 0.29) is 22.6 Å². The molecule has 0 bridgehead atoms. The summed E-state index contributed by atoms with van der Waals surface area (Å²) < 4.78 is 40.0. The molecule has 13 heteroatoms. The summed E-state index contributed by atoms with van der Waals surface area (Å²) in [5.41, 5.74) is 1.41. The van der Waals surface area contributed by atoms with Gasteiger partial charge in [-0.15, -0.1) is 34.0 Å². The maximum absolute atomic E-state index is 15.4. The van der Waals surface area contributed by atoms with E-state index >= 15 is 9.59 Å². The minimum absolute atomic E-state index is 0.0501. The van der Waals surface area contributed by atoms with Gasteiger partial charge in [0.25, 0.3) is 11.8 Å². The normalized spacial score (nSPS) is 14.4. The second-order valence-electron chi connectivity index (χ2n) is 18.2. The van der Waals surface area contributed by atoms with Gasteiger partial charge in [0.1, 0.15) is 11.5 Å². The third-order valence-electron chi connectivity index (χ3n) is 11.7. The number of imide groups is 1. The summed E-state index contributed by atoms with van der Waals surface area (Å²) >= 11 is 5.03. The summed E-state index contributed by atoms with van der Waals surface area (Å²) in [5, 5.41) is 2.13. The minimum Gasteiger partial charge on any atom is -0.491 e. The van der Waals surface area contributed by atoms with Crippen LogP contribution in [-0.4, -0.2) is 43.1 Å². The fraction of sp³-hybridized carbons (Fsp3) is 0.480. The van der Waals surface area contributed by atoms with Crippen molar-refractivity contribution in [3.05, 3.63) is 50.9 Å². The van der Waals surface area contributed by atoms with Gasteiger partial charge in [0.2, 0.25) is 0 Å². The molecule has 4 heterocycles. The van der Waals surface area contributed by atoms with Crippen LogP contribution in [-0.2, 0) is 10.8 Å². The number of hydrogen-bond acceptors (Lipinski definition) is 7. The first-order chi connectivity index (χ1) is 29.9. The highest BCUT2D eigenvalue weighted by Crippen LogP contribution is 2.56. The van der Waals surface area contributed by atoms with Gasteiger partial charge in [-0.05, 0) is 70.2 Å². The number of fused-ring (bicyclic) bond motifs is 3. The molecule has 344 valence electrons. The Hall–Kier alpha value is -0.0700. The Balaban J connectivity index is 1.64. The Kier molecular flexibility index (Phi) is 18.4. The molecule has 0 fully saturated rings. The van der Waals surface area contributed by atoms with Crippen LogP contribution in [0.3, 0.4) is 0 Å². The summed E-state index contributed by atoms with van der Waals surface area (Å²) in [7, 11) is 0. The van der Waals surface area contributed by atoms with Gasteiger partial charge in [-0.25, -0.2) is 4.90 Å². The second-order valence-corrected chi connectivity index (χ2v) is 29.8. The van der Waals surface area contributed by atoms with Gasteiger partial charge in [-0.2, -0.15) is 0 Å². The van der Waals surface area contributed by atoms with Crippen LogP contribution < -0.4 is 14.4 Å². The SMILES string of the molecule is C=Ic1c(I)c(I=C)c(N2C(=O)c3c(-c4cc5c(OCC(CC)CCCC)c6sc(C(C)(C)C)cc6c(OCC(CC)CCCC)c5s4)sc(C(C)(C)C)c3C2=O)c(I=C)c1I=C. The summed E-state index contributed by atoms with van der Waals surface area (Å²) in [6.45, 7) is 23.6. The van der Waals surface area contributed by atoms with Crippen LogP contribution in [0, 0.1) is 29.7 Å². The quantitative estimate of drug-likeness (QED) is 0.0337. The molecule has 0 spiro atoms. The maximum atomic E-state index is 15.4. The third-order valence-corrected chi connectivity index (χ3v) is 28.7. The Labute approximate surface area is 441 Å². The molecule has 3 aromatic heterocycles. The molecule has 0 radical (unpaired) electrons. The number of benzene rings is 2. The monoisotopic (exact) mass is 1470 g/mol. The molecule has 5 aromatic rings. The van der Waals surface area contributed by atoms with E-state index in [2.05, 4.69) is 122 Å². The van der Waals surface area contributed by atoms with E-state index in [0.717, 1.165) is 88.4 Å². The second kappa shape index (κ2) is 22.1. The van der Waals surface area contributed by atoms with Crippen molar-refractivity contribution in [3.63, 3.8) is 0 Å². The fourth-order valence-corrected chi connectivity index (χ4v) is 25.6. The van der Waals surface area contributed by atoms with Crippen molar-refractivity contribution in [1.82, 2.24) is 0 Å². The lowest BCUT2D eigenvalue weighted by atomic mass is 9.90. The molecular weight excluding hydrogens is 1410 g/mol. The topological polar surface area (TPSA) is 55.8 Å². The number of unbranched alkanes of at least 4 members (excludes halogenated alkanes) is 2. The summed E-state index contributed by atoms with van der Waals surface area (Å²) in [6.07, 6.45) is 9.10. The van der Waals surface area contributed by atoms with Gasteiger partial charge < -0.3 is 9.47 Å². The summed E-state index contributed by atoms with van der Waals surface area (Å²) in [4.78, 5) is 36.2. The highest BCUT2D eigenvalue weighted by molar-refractivity contribution is 14.2. The molecule has 2 unspecified atom stereocenters. The zero-order chi connectivity index (χ0) is 46.1. The number of carbonyl (C=O) groups is 2. The number of anilines is 1. The fourth-order valence-electron chi connectivity index (χ4n) is 8.00. The molecule has 0 N–H and O–H groups in total. The highest BCUT2D eigenvalue weighted by atomic mass is 127. The van der Waals surface area contributed by atoms with Crippen molar-refractivity contribution in [2.24, 2.45) is 11.8 Å². The first-order valence-electron chi connectivity index (χ1n) is 21.7. The molecule has 2 atom stereocenters.